The summed E-state index contributed by atoms with van der Waals surface area (Å²) >= 11 is 0. The highest BCUT2D eigenvalue weighted by Gasteiger charge is 2.16. The molecule has 132 valence electrons. The number of aliphatic imine (C=N–C) groups is 2. The fourth-order valence-corrected chi connectivity index (χ4v) is 2.88. The van der Waals surface area contributed by atoms with Gasteiger partial charge in [-0.3, -0.25) is 0 Å². The highest BCUT2D eigenvalue weighted by molar-refractivity contribution is 7.92. The molecule has 0 fully saturated rings. The van der Waals surface area contributed by atoms with Crippen molar-refractivity contribution in [3.8, 4) is 0 Å². The van der Waals surface area contributed by atoms with Crippen LogP contribution in [-0.4, -0.2) is 30.3 Å². The summed E-state index contributed by atoms with van der Waals surface area (Å²) in [4.78, 5) is 15.6. The van der Waals surface area contributed by atoms with E-state index in [1.807, 2.05) is 0 Å². The average molecular weight is 362 g/mol. The number of hydrogen-bond donors (Lipinski definition) is 4. The summed E-state index contributed by atoms with van der Waals surface area (Å²) < 4.78 is 27.1. The van der Waals surface area contributed by atoms with Crippen LogP contribution in [0, 0.1) is 13.8 Å². The first kappa shape index (κ1) is 18.1. The molecule has 1 heterocycles. The van der Waals surface area contributed by atoms with Gasteiger partial charge in [0.25, 0.3) is 10.0 Å². The molecule has 2 aromatic rings. The van der Waals surface area contributed by atoms with E-state index in [9.17, 15) is 8.42 Å². The van der Waals surface area contributed by atoms with Gasteiger partial charge in [0.05, 0.1) is 10.6 Å². The number of benzene rings is 1. The lowest BCUT2D eigenvalue weighted by molar-refractivity contribution is 0.601. The van der Waals surface area contributed by atoms with Gasteiger partial charge in [-0.1, -0.05) is 0 Å². The standard InChI is InChI=1S/C14H18N8O2S/c1-8-7-9(2)19-14(18-8)22-25(23,24)11-5-3-10(4-6-11)20-13(17)21-12(15)16/h3-7H,1-2H3,(H,18,19,22)(H6,15,16,17,20,21). The van der Waals surface area contributed by atoms with Crippen LogP contribution in [-0.2, 0) is 10.0 Å². The number of guanidine groups is 2. The van der Waals surface area contributed by atoms with Crippen molar-refractivity contribution in [2.75, 3.05) is 4.72 Å². The van der Waals surface area contributed by atoms with Gasteiger partial charge in [-0.05, 0) is 44.2 Å². The molecule has 0 aliphatic carbocycles. The number of nitrogens with two attached hydrogens (primary N) is 3. The van der Waals surface area contributed by atoms with Gasteiger partial charge >= 0.3 is 0 Å². The topological polar surface area (TPSA) is 175 Å². The summed E-state index contributed by atoms with van der Waals surface area (Å²) in [5.41, 5.74) is 17.6. The molecule has 0 aliphatic rings. The number of nitrogens with zero attached hydrogens (tertiary/aromatic N) is 4. The van der Waals surface area contributed by atoms with Crippen LogP contribution in [0.2, 0.25) is 0 Å². The minimum absolute atomic E-state index is 0.0107. The average Bonchev–Trinajstić information content (AvgIpc) is 2.45. The molecule has 11 heteroatoms. The Morgan fingerprint density at radius 2 is 1.60 bits per heavy atom. The first-order valence-corrected chi connectivity index (χ1v) is 8.53. The molecule has 0 aliphatic heterocycles. The number of nitrogens with one attached hydrogen (secondary N) is 1. The molecule has 2 rings (SSSR count). The first-order valence-electron chi connectivity index (χ1n) is 7.05. The Kier molecular flexibility index (Phi) is 5.17. The number of sulfonamides is 1. The third kappa shape index (κ3) is 5.14. The Hall–Kier alpha value is -3.21. The Bertz CT molecular complexity index is 912. The highest BCUT2D eigenvalue weighted by Crippen LogP contribution is 2.18. The van der Waals surface area contributed by atoms with Crippen molar-refractivity contribution in [1.29, 1.82) is 0 Å². The smallest absolute Gasteiger partial charge is 0.264 e. The van der Waals surface area contributed by atoms with E-state index in [2.05, 4.69) is 24.7 Å². The number of rotatable bonds is 4. The molecule has 7 N–H and O–H groups in total. The maximum atomic E-state index is 12.4. The molecule has 25 heavy (non-hydrogen) atoms. The van der Waals surface area contributed by atoms with Crippen molar-refractivity contribution in [3.05, 3.63) is 41.7 Å². The molecule has 0 saturated heterocycles. The highest BCUT2D eigenvalue weighted by atomic mass is 32.2. The molecular formula is C14H18N8O2S. The van der Waals surface area contributed by atoms with Crippen LogP contribution in [0.1, 0.15) is 11.4 Å². The second-order valence-corrected chi connectivity index (χ2v) is 6.76. The van der Waals surface area contributed by atoms with Crippen molar-refractivity contribution in [3.63, 3.8) is 0 Å². The number of hydrogen-bond acceptors (Lipinski definition) is 5. The normalized spacial score (nSPS) is 11.8. The minimum atomic E-state index is -3.83. The fourth-order valence-electron chi connectivity index (χ4n) is 1.94. The summed E-state index contributed by atoms with van der Waals surface area (Å²) in [7, 11) is -3.83. The van der Waals surface area contributed by atoms with E-state index in [1.165, 1.54) is 24.3 Å². The second-order valence-electron chi connectivity index (χ2n) is 5.08. The van der Waals surface area contributed by atoms with Crippen molar-refractivity contribution in [2.24, 2.45) is 27.2 Å². The molecular weight excluding hydrogens is 344 g/mol. The molecule has 0 saturated carbocycles. The van der Waals surface area contributed by atoms with Crippen molar-refractivity contribution in [1.82, 2.24) is 9.97 Å². The molecule has 0 amide bonds. The molecule has 0 spiro atoms. The third-order valence-corrected chi connectivity index (χ3v) is 4.19. The molecule has 0 unspecified atom stereocenters. The number of aryl methyl sites for hydroxylation is 2. The summed E-state index contributed by atoms with van der Waals surface area (Å²) in [5, 5.41) is 0. The van der Waals surface area contributed by atoms with Gasteiger partial charge in [0.2, 0.25) is 11.9 Å². The van der Waals surface area contributed by atoms with E-state index in [-0.39, 0.29) is 22.8 Å². The molecule has 0 atom stereocenters. The predicted octanol–water partition coefficient (Wildman–Crippen LogP) is 0.114. The van der Waals surface area contributed by atoms with Gasteiger partial charge in [-0.2, -0.15) is 4.99 Å². The molecule has 1 aromatic carbocycles. The third-order valence-electron chi connectivity index (χ3n) is 2.84. The SMILES string of the molecule is Cc1cc(C)nc(NS(=O)(=O)c2ccc(N=C(N)N=C(N)N)cc2)n1. The maximum absolute atomic E-state index is 12.4. The summed E-state index contributed by atoms with van der Waals surface area (Å²) in [5.74, 6) is -0.355. The predicted molar refractivity (Wildman–Crippen MR) is 95.8 cm³/mol. The van der Waals surface area contributed by atoms with E-state index in [0.29, 0.717) is 17.1 Å². The van der Waals surface area contributed by atoms with E-state index >= 15 is 0 Å². The monoisotopic (exact) mass is 362 g/mol. The van der Waals surface area contributed by atoms with Gasteiger partial charge in [0, 0.05) is 11.4 Å². The molecule has 0 bridgehead atoms. The lowest BCUT2D eigenvalue weighted by Crippen LogP contribution is -2.26. The molecule has 1 aromatic heterocycles. The fraction of sp³-hybridized carbons (Fsp3) is 0.143. The zero-order valence-electron chi connectivity index (χ0n) is 13.6. The summed E-state index contributed by atoms with van der Waals surface area (Å²) in [6.07, 6.45) is 0. The van der Waals surface area contributed by atoms with Gasteiger partial charge in [0.15, 0.2) is 5.96 Å². The Labute approximate surface area is 145 Å². The second kappa shape index (κ2) is 7.13. The largest absolute Gasteiger partial charge is 0.370 e. The van der Waals surface area contributed by atoms with Crippen LogP contribution >= 0.6 is 0 Å². The summed E-state index contributed by atoms with van der Waals surface area (Å²) in [6, 6.07) is 7.41. The van der Waals surface area contributed by atoms with Crippen LogP contribution in [0.25, 0.3) is 0 Å². The lowest BCUT2D eigenvalue weighted by atomic mass is 10.3. The van der Waals surface area contributed by atoms with E-state index < -0.39 is 10.0 Å². The van der Waals surface area contributed by atoms with Crippen molar-refractivity contribution < 1.29 is 8.42 Å². The van der Waals surface area contributed by atoms with E-state index in [0.717, 1.165) is 0 Å². The van der Waals surface area contributed by atoms with Crippen LogP contribution < -0.4 is 21.9 Å². The van der Waals surface area contributed by atoms with Crippen molar-refractivity contribution in [2.45, 2.75) is 18.7 Å². The van der Waals surface area contributed by atoms with E-state index in [1.54, 1.807) is 19.9 Å². The van der Waals surface area contributed by atoms with Crippen LogP contribution in [0.3, 0.4) is 0 Å². The zero-order valence-corrected chi connectivity index (χ0v) is 14.4. The van der Waals surface area contributed by atoms with E-state index in [4.69, 9.17) is 17.2 Å². The van der Waals surface area contributed by atoms with Gasteiger partial charge in [-0.25, -0.2) is 28.1 Å². The Morgan fingerprint density at radius 3 is 2.12 bits per heavy atom. The number of aromatic nitrogens is 2. The lowest BCUT2D eigenvalue weighted by Gasteiger charge is -2.08. The maximum Gasteiger partial charge on any atom is 0.264 e. The molecule has 0 radical (unpaired) electrons. The van der Waals surface area contributed by atoms with Gasteiger partial charge in [0.1, 0.15) is 0 Å². The zero-order chi connectivity index (χ0) is 18.6. The molecule has 10 nitrogen and oxygen atoms in total. The van der Waals surface area contributed by atoms with Gasteiger partial charge in [-0.15, -0.1) is 0 Å². The quantitative estimate of drug-likeness (QED) is 0.441. The van der Waals surface area contributed by atoms with Gasteiger partial charge < -0.3 is 17.2 Å². The first-order chi connectivity index (χ1) is 11.7. The van der Waals surface area contributed by atoms with Crippen molar-refractivity contribution >= 4 is 33.6 Å². The minimum Gasteiger partial charge on any atom is -0.370 e. The Morgan fingerprint density at radius 1 is 1.04 bits per heavy atom. The van der Waals surface area contributed by atoms with Crippen LogP contribution in [0.15, 0.2) is 45.2 Å². The summed E-state index contributed by atoms with van der Waals surface area (Å²) in [6.45, 7) is 3.50. The van der Waals surface area contributed by atoms with Crippen LogP contribution in [0.4, 0.5) is 11.6 Å². The number of anilines is 1. The van der Waals surface area contributed by atoms with Crippen LogP contribution in [0.5, 0.6) is 0 Å². The Balaban J connectivity index is 2.24.